The second kappa shape index (κ2) is 7.21. The Bertz CT molecular complexity index is 476. The maximum atomic E-state index is 13.6. The first kappa shape index (κ1) is 16.9. The van der Waals surface area contributed by atoms with Crippen molar-refractivity contribution < 1.29 is 14.2 Å². The van der Waals surface area contributed by atoms with Gasteiger partial charge in [0.05, 0.1) is 16.2 Å². The highest BCUT2D eigenvalue weighted by molar-refractivity contribution is 9.10. The quantitative estimate of drug-likeness (QED) is 0.840. The van der Waals surface area contributed by atoms with Crippen LogP contribution >= 0.6 is 15.9 Å². The number of benzene rings is 1. The van der Waals surface area contributed by atoms with E-state index in [1.54, 1.807) is 6.07 Å². The van der Waals surface area contributed by atoms with Crippen LogP contribution in [0.25, 0.3) is 0 Å². The van der Waals surface area contributed by atoms with Crippen LogP contribution in [0.4, 0.5) is 4.39 Å². The lowest BCUT2D eigenvalue weighted by Crippen LogP contribution is -2.49. The first-order valence-corrected chi connectivity index (χ1v) is 8.52. The van der Waals surface area contributed by atoms with E-state index in [-0.39, 0.29) is 5.82 Å². The molecule has 3 unspecified atom stereocenters. The Hall–Kier alpha value is -0.450. The average Bonchev–Trinajstić information content (AvgIpc) is 2.44. The van der Waals surface area contributed by atoms with E-state index in [1.807, 2.05) is 13.0 Å². The zero-order valence-corrected chi connectivity index (χ0v) is 14.3. The molecule has 0 bridgehead atoms. The highest BCUT2D eigenvalue weighted by Gasteiger charge is 2.42. The van der Waals surface area contributed by atoms with Crippen LogP contribution in [-0.4, -0.2) is 23.4 Å². The lowest BCUT2D eigenvalue weighted by atomic mass is 9.74. The molecule has 21 heavy (non-hydrogen) atoms. The molecule has 1 aromatic carbocycles. The summed E-state index contributed by atoms with van der Waals surface area (Å²) < 4.78 is 20.0. The summed E-state index contributed by atoms with van der Waals surface area (Å²) in [7, 11) is 0. The van der Waals surface area contributed by atoms with E-state index in [4.69, 9.17) is 4.74 Å². The van der Waals surface area contributed by atoms with Gasteiger partial charge in [0.1, 0.15) is 5.82 Å². The van der Waals surface area contributed by atoms with Gasteiger partial charge in [-0.25, -0.2) is 4.39 Å². The van der Waals surface area contributed by atoms with Gasteiger partial charge in [-0.05, 0) is 53.2 Å². The van der Waals surface area contributed by atoms with Crippen molar-refractivity contribution in [3.8, 4) is 0 Å². The summed E-state index contributed by atoms with van der Waals surface area (Å²) in [5.74, 6) is 0.262. The van der Waals surface area contributed by atoms with Gasteiger partial charge in [-0.2, -0.15) is 0 Å². The molecule has 2 rings (SSSR count). The molecule has 0 amide bonds. The standard InChI is InChI=1S/C17H24BrFO2/c1-3-21-17(9-5-6-12(2)11-17)15(20)10-13-7-4-8-14(19)16(13)18/h4,7-8,12,15,20H,3,5-6,9-11H2,1-2H3. The smallest absolute Gasteiger partial charge is 0.137 e. The number of hydrogen-bond donors (Lipinski definition) is 1. The van der Waals surface area contributed by atoms with Gasteiger partial charge < -0.3 is 9.84 Å². The molecule has 0 saturated heterocycles. The highest BCUT2D eigenvalue weighted by atomic mass is 79.9. The Morgan fingerprint density at radius 3 is 2.95 bits per heavy atom. The van der Waals surface area contributed by atoms with E-state index in [9.17, 15) is 9.50 Å². The molecule has 3 atom stereocenters. The molecule has 0 radical (unpaired) electrons. The molecule has 1 N–H and O–H groups in total. The van der Waals surface area contributed by atoms with Crippen LogP contribution in [0.15, 0.2) is 22.7 Å². The maximum absolute atomic E-state index is 13.6. The van der Waals surface area contributed by atoms with Crippen LogP contribution in [0.3, 0.4) is 0 Å². The molecular weight excluding hydrogens is 335 g/mol. The number of ether oxygens (including phenoxy) is 1. The maximum Gasteiger partial charge on any atom is 0.137 e. The molecule has 0 spiro atoms. The van der Waals surface area contributed by atoms with Crippen molar-refractivity contribution >= 4 is 15.9 Å². The first-order chi connectivity index (χ1) is 9.98. The average molecular weight is 359 g/mol. The largest absolute Gasteiger partial charge is 0.390 e. The zero-order chi connectivity index (χ0) is 15.5. The summed E-state index contributed by atoms with van der Waals surface area (Å²) in [4.78, 5) is 0. The molecule has 2 nitrogen and oxygen atoms in total. The zero-order valence-electron chi connectivity index (χ0n) is 12.7. The molecule has 1 saturated carbocycles. The summed E-state index contributed by atoms with van der Waals surface area (Å²) in [5.41, 5.74) is 0.304. The van der Waals surface area contributed by atoms with Crippen LogP contribution in [0.1, 0.15) is 45.1 Å². The molecule has 0 aliphatic heterocycles. The van der Waals surface area contributed by atoms with Gasteiger partial charge in [-0.1, -0.05) is 31.9 Å². The number of aliphatic hydroxyl groups is 1. The normalized spacial score (nSPS) is 27.6. The summed E-state index contributed by atoms with van der Waals surface area (Å²) >= 11 is 3.27. The Morgan fingerprint density at radius 1 is 1.52 bits per heavy atom. The topological polar surface area (TPSA) is 29.5 Å². The van der Waals surface area contributed by atoms with Gasteiger partial charge in [0, 0.05) is 13.0 Å². The van der Waals surface area contributed by atoms with Crippen LogP contribution in [0, 0.1) is 11.7 Å². The summed E-state index contributed by atoms with van der Waals surface area (Å²) in [6.07, 6.45) is 3.80. The van der Waals surface area contributed by atoms with E-state index in [2.05, 4.69) is 22.9 Å². The molecule has 118 valence electrons. The molecular formula is C17H24BrFO2. The van der Waals surface area contributed by atoms with Crippen molar-refractivity contribution in [3.05, 3.63) is 34.1 Å². The van der Waals surface area contributed by atoms with Crippen molar-refractivity contribution in [2.24, 2.45) is 5.92 Å². The minimum Gasteiger partial charge on any atom is -0.390 e. The molecule has 1 fully saturated rings. The van der Waals surface area contributed by atoms with Gasteiger partial charge in [0.25, 0.3) is 0 Å². The molecule has 0 heterocycles. The molecule has 4 heteroatoms. The summed E-state index contributed by atoms with van der Waals surface area (Å²) in [6, 6.07) is 4.95. The van der Waals surface area contributed by atoms with Crippen LogP contribution < -0.4 is 0 Å². The SMILES string of the molecule is CCOC1(C(O)Cc2cccc(F)c2Br)CCCC(C)C1. The lowest BCUT2D eigenvalue weighted by Gasteiger charge is -2.43. The fourth-order valence-electron chi connectivity index (χ4n) is 3.46. The Morgan fingerprint density at radius 2 is 2.29 bits per heavy atom. The van der Waals surface area contributed by atoms with E-state index >= 15 is 0 Å². The van der Waals surface area contributed by atoms with Crippen molar-refractivity contribution in [3.63, 3.8) is 0 Å². The molecule has 0 aromatic heterocycles. The van der Waals surface area contributed by atoms with Gasteiger partial charge >= 0.3 is 0 Å². The number of rotatable bonds is 5. The summed E-state index contributed by atoms with van der Waals surface area (Å²) in [6.45, 7) is 4.76. The predicted molar refractivity (Wildman–Crippen MR) is 85.8 cm³/mol. The number of halogens is 2. The van der Waals surface area contributed by atoms with Crippen LogP contribution in [0.5, 0.6) is 0 Å². The van der Waals surface area contributed by atoms with Gasteiger partial charge in [0.2, 0.25) is 0 Å². The molecule has 1 aromatic rings. The van der Waals surface area contributed by atoms with Gasteiger partial charge in [-0.15, -0.1) is 0 Å². The van der Waals surface area contributed by atoms with Crippen molar-refractivity contribution in [1.82, 2.24) is 0 Å². The van der Waals surface area contributed by atoms with Gasteiger partial charge in [-0.3, -0.25) is 0 Å². The Kier molecular flexibility index (Phi) is 5.81. The third-order valence-electron chi connectivity index (χ3n) is 4.47. The van der Waals surface area contributed by atoms with E-state index < -0.39 is 11.7 Å². The highest BCUT2D eigenvalue weighted by Crippen LogP contribution is 2.39. The first-order valence-electron chi connectivity index (χ1n) is 7.73. The van der Waals surface area contributed by atoms with E-state index in [0.29, 0.717) is 23.4 Å². The monoisotopic (exact) mass is 358 g/mol. The predicted octanol–water partition coefficient (Wildman–Crippen LogP) is 4.48. The van der Waals surface area contributed by atoms with Crippen LogP contribution in [-0.2, 0) is 11.2 Å². The van der Waals surface area contributed by atoms with Crippen LogP contribution in [0.2, 0.25) is 0 Å². The Balaban J connectivity index is 2.18. The van der Waals surface area contributed by atoms with Crippen molar-refractivity contribution in [2.45, 2.75) is 57.7 Å². The van der Waals surface area contributed by atoms with Gasteiger partial charge in [0.15, 0.2) is 0 Å². The fraction of sp³-hybridized carbons (Fsp3) is 0.647. The Labute approximate surface area is 134 Å². The molecule has 1 aliphatic rings. The lowest BCUT2D eigenvalue weighted by molar-refractivity contribution is -0.147. The minimum atomic E-state index is -0.613. The van der Waals surface area contributed by atoms with Crippen molar-refractivity contribution in [2.75, 3.05) is 6.61 Å². The third-order valence-corrected chi connectivity index (χ3v) is 5.36. The third kappa shape index (κ3) is 3.85. The minimum absolute atomic E-state index is 0.290. The number of aliphatic hydroxyl groups excluding tert-OH is 1. The second-order valence-electron chi connectivity index (χ2n) is 6.13. The fourth-order valence-corrected chi connectivity index (χ4v) is 3.89. The van der Waals surface area contributed by atoms with Crippen molar-refractivity contribution in [1.29, 1.82) is 0 Å². The number of hydrogen-bond acceptors (Lipinski definition) is 2. The second-order valence-corrected chi connectivity index (χ2v) is 6.93. The molecule has 1 aliphatic carbocycles. The van der Waals surface area contributed by atoms with E-state index in [0.717, 1.165) is 24.8 Å². The summed E-state index contributed by atoms with van der Waals surface area (Å²) in [5, 5.41) is 10.8. The van der Waals surface area contributed by atoms with E-state index in [1.165, 1.54) is 12.5 Å².